The Kier molecular flexibility index (Phi) is 1.95. The Balaban J connectivity index is 2.89. The Hall–Kier alpha value is -1.47. The number of nitrogens with zero attached hydrogens (tertiary/aromatic N) is 3. The Morgan fingerprint density at radius 2 is 2.00 bits per heavy atom. The number of hydrogen-bond acceptors (Lipinski definition) is 2. The quantitative estimate of drug-likeness (QED) is 0.656. The number of aromatic nitrogens is 2. The van der Waals surface area contributed by atoms with Crippen LogP contribution in [-0.4, -0.2) is 9.97 Å². The predicted molar refractivity (Wildman–Crippen MR) is 53.5 cm³/mol. The topological polar surface area (TPSA) is 30.1 Å². The lowest BCUT2D eigenvalue weighted by atomic mass is 10.3. The molecule has 0 radical (unpaired) electrons. The van der Waals surface area contributed by atoms with E-state index in [1.54, 1.807) is 24.5 Å². The van der Waals surface area contributed by atoms with E-state index in [9.17, 15) is 0 Å². The molecular formula is C9H4BrN3. The Labute approximate surface area is 83.4 Å². The summed E-state index contributed by atoms with van der Waals surface area (Å²) in [5.74, 6) is 0. The molecule has 13 heavy (non-hydrogen) atoms. The van der Waals surface area contributed by atoms with Gasteiger partial charge in [0.25, 0.3) is 0 Å². The summed E-state index contributed by atoms with van der Waals surface area (Å²) in [7, 11) is 0. The van der Waals surface area contributed by atoms with E-state index < -0.39 is 0 Å². The van der Waals surface area contributed by atoms with Crippen LogP contribution in [0.25, 0.3) is 15.9 Å². The second-order valence-electron chi connectivity index (χ2n) is 2.43. The van der Waals surface area contributed by atoms with Gasteiger partial charge in [0.1, 0.15) is 0 Å². The summed E-state index contributed by atoms with van der Waals surface area (Å²) in [6.45, 7) is 6.91. The van der Waals surface area contributed by atoms with Crippen molar-refractivity contribution in [3.63, 3.8) is 0 Å². The van der Waals surface area contributed by atoms with Gasteiger partial charge in [0.15, 0.2) is 0 Å². The fourth-order valence-electron chi connectivity index (χ4n) is 1.08. The standard InChI is InChI=1S/C9H4BrN3/c1-11-6-2-3-7-9(8(6)10)13-5-4-12-7/h2-5H. The molecule has 0 aliphatic rings. The predicted octanol–water partition coefficient (Wildman–Crippen LogP) is 2.94. The van der Waals surface area contributed by atoms with Gasteiger partial charge in [0.05, 0.1) is 22.1 Å². The van der Waals surface area contributed by atoms with Gasteiger partial charge in [-0.1, -0.05) is 22.0 Å². The summed E-state index contributed by atoms with van der Waals surface area (Å²) in [4.78, 5) is 11.6. The van der Waals surface area contributed by atoms with Crippen LogP contribution in [0.4, 0.5) is 5.69 Å². The Morgan fingerprint density at radius 1 is 1.23 bits per heavy atom. The molecule has 0 amide bonds. The summed E-state index contributed by atoms with van der Waals surface area (Å²) in [6, 6.07) is 3.52. The Bertz CT molecular complexity index is 502. The summed E-state index contributed by atoms with van der Waals surface area (Å²) >= 11 is 3.33. The van der Waals surface area contributed by atoms with Crippen molar-refractivity contribution in [3.05, 3.63) is 40.4 Å². The van der Waals surface area contributed by atoms with Crippen molar-refractivity contribution >= 4 is 32.7 Å². The highest BCUT2D eigenvalue weighted by Crippen LogP contribution is 2.30. The summed E-state index contributed by atoms with van der Waals surface area (Å²) < 4.78 is 0.716. The van der Waals surface area contributed by atoms with Gasteiger partial charge >= 0.3 is 0 Å². The van der Waals surface area contributed by atoms with Gasteiger partial charge in [-0.05, 0) is 6.07 Å². The summed E-state index contributed by atoms with van der Waals surface area (Å²) in [5, 5.41) is 0. The van der Waals surface area contributed by atoms with Gasteiger partial charge in [-0.25, -0.2) is 4.85 Å². The first-order valence-corrected chi connectivity index (χ1v) is 4.39. The third-order valence-electron chi connectivity index (χ3n) is 1.68. The molecule has 0 atom stereocenters. The molecule has 0 saturated heterocycles. The lowest BCUT2D eigenvalue weighted by Gasteiger charge is -1.99. The van der Waals surface area contributed by atoms with Crippen molar-refractivity contribution < 1.29 is 0 Å². The third kappa shape index (κ3) is 1.27. The van der Waals surface area contributed by atoms with Crippen LogP contribution in [0.3, 0.4) is 0 Å². The summed E-state index contributed by atoms with van der Waals surface area (Å²) in [6.07, 6.45) is 3.24. The fourth-order valence-corrected chi connectivity index (χ4v) is 1.60. The van der Waals surface area contributed by atoms with E-state index in [1.807, 2.05) is 0 Å². The van der Waals surface area contributed by atoms with E-state index in [4.69, 9.17) is 6.57 Å². The van der Waals surface area contributed by atoms with Crippen LogP contribution < -0.4 is 0 Å². The highest BCUT2D eigenvalue weighted by Gasteiger charge is 2.05. The lowest BCUT2D eigenvalue weighted by Crippen LogP contribution is -1.82. The molecule has 0 aliphatic heterocycles. The second-order valence-corrected chi connectivity index (χ2v) is 3.23. The molecule has 4 heteroatoms. The fraction of sp³-hybridized carbons (Fsp3) is 0. The van der Waals surface area contributed by atoms with Crippen LogP contribution in [0.15, 0.2) is 29.0 Å². The molecule has 0 unspecified atom stereocenters. The summed E-state index contributed by atoms with van der Waals surface area (Å²) in [5.41, 5.74) is 2.09. The van der Waals surface area contributed by atoms with Crippen LogP contribution in [0.5, 0.6) is 0 Å². The van der Waals surface area contributed by atoms with Crippen LogP contribution in [0.1, 0.15) is 0 Å². The van der Waals surface area contributed by atoms with Crippen molar-refractivity contribution in [1.82, 2.24) is 9.97 Å². The zero-order valence-electron chi connectivity index (χ0n) is 6.53. The van der Waals surface area contributed by atoms with Gasteiger partial charge in [0.2, 0.25) is 5.69 Å². The van der Waals surface area contributed by atoms with Crippen LogP contribution in [0, 0.1) is 6.57 Å². The van der Waals surface area contributed by atoms with E-state index in [-0.39, 0.29) is 0 Å². The first-order valence-electron chi connectivity index (χ1n) is 3.59. The van der Waals surface area contributed by atoms with Crippen LogP contribution in [-0.2, 0) is 0 Å². The van der Waals surface area contributed by atoms with E-state index in [0.29, 0.717) is 10.2 Å². The number of benzene rings is 1. The number of hydrogen-bond donors (Lipinski definition) is 0. The molecule has 1 aromatic heterocycles. The van der Waals surface area contributed by atoms with Gasteiger partial charge in [0, 0.05) is 12.4 Å². The molecule has 1 heterocycles. The SMILES string of the molecule is [C-]#[N+]c1ccc2nccnc2c1Br. The molecular weight excluding hydrogens is 230 g/mol. The minimum atomic E-state index is 0.563. The minimum absolute atomic E-state index is 0.563. The van der Waals surface area contributed by atoms with Crippen LogP contribution in [0.2, 0.25) is 0 Å². The van der Waals surface area contributed by atoms with E-state index >= 15 is 0 Å². The van der Waals surface area contributed by atoms with Crippen molar-refractivity contribution in [1.29, 1.82) is 0 Å². The first-order chi connectivity index (χ1) is 6.33. The molecule has 0 fully saturated rings. The molecule has 0 spiro atoms. The molecule has 0 N–H and O–H groups in total. The molecule has 62 valence electrons. The van der Waals surface area contributed by atoms with Gasteiger partial charge in [-0.3, -0.25) is 9.97 Å². The molecule has 3 nitrogen and oxygen atoms in total. The molecule has 0 aliphatic carbocycles. The highest BCUT2D eigenvalue weighted by molar-refractivity contribution is 9.10. The number of rotatable bonds is 0. The van der Waals surface area contributed by atoms with Gasteiger partial charge < -0.3 is 0 Å². The Morgan fingerprint density at radius 3 is 2.77 bits per heavy atom. The lowest BCUT2D eigenvalue weighted by molar-refractivity contribution is 1.29. The average molecular weight is 234 g/mol. The maximum absolute atomic E-state index is 6.91. The molecule has 2 rings (SSSR count). The van der Waals surface area contributed by atoms with Crippen LogP contribution >= 0.6 is 15.9 Å². The minimum Gasteiger partial charge on any atom is -0.253 e. The first kappa shape index (κ1) is 8.14. The van der Waals surface area contributed by atoms with Crippen molar-refractivity contribution in [2.45, 2.75) is 0 Å². The van der Waals surface area contributed by atoms with Crippen molar-refractivity contribution in [2.24, 2.45) is 0 Å². The molecule has 2 aromatic rings. The maximum atomic E-state index is 6.91. The maximum Gasteiger partial charge on any atom is 0.203 e. The zero-order valence-corrected chi connectivity index (χ0v) is 8.12. The normalized spacial score (nSPS) is 9.85. The number of fused-ring (bicyclic) bond motifs is 1. The highest BCUT2D eigenvalue weighted by atomic mass is 79.9. The molecule has 1 aromatic carbocycles. The zero-order chi connectivity index (χ0) is 9.26. The number of halogens is 1. The van der Waals surface area contributed by atoms with Gasteiger partial charge in [-0.15, -0.1) is 0 Å². The smallest absolute Gasteiger partial charge is 0.203 e. The van der Waals surface area contributed by atoms with Gasteiger partial charge in [-0.2, -0.15) is 0 Å². The van der Waals surface area contributed by atoms with Crippen molar-refractivity contribution in [2.75, 3.05) is 0 Å². The van der Waals surface area contributed by atoms with E-state index in [2.05, 4.69) is 30.7 Å². The molecule has 0 saturated carbocycles. The average Bonchev–Trinajstić information content (AvgIpc) is 2.19. The largest absolute Gasteiger partial charge is 0.253 e. The molecule has 0 bridgehead atoms. The van der Waals surface area contributed by atoms with Crippen molar-refractivity contribution in [3.8, 4) is 0 Å². The monoisotopic (exact) mass is 233 g/mol. The second kappa shape index (κ2) is 3.11. The van der Waals surface area contributed by atoms with E-state index in [0.717, 1.165) is 11.0 Å². The van der Waals surface area contributed by atoms with E-state index in [1.165, 1.54) is 0 Å². The third-order valence-corrected chi connectivity index (χ3v) is 2.46.